The second-order valence-corrected chi connectivity index (χ2v) is 8.49. The molecule has 0 aromatic heterocycles. The molecule has 2 nitrogen and oxygen atoms in total. The average molecular weight is 268 g/mol. The van der Waals surface area contributed by atoms with Crippen molar-refractivity contribution in [3.05, 3.63) is 0 Å². The number of nitrogens with zero attached hydrogens (tertiary/aromatic N) is 1. The normalized spacial score (nSPS) is 32.7. The van der Waals surface area contributed by atoms with E-state index in [-0.39, 0.29) is 0 Å². The fourth-order valence-corrected chi connectivity index (χ4v) is 4.41. The highest BCUT2D eigenvalue weighted by Gasteiger charge is 2.27. The number of thioether (sulfide) groups is 1. The second-order valence-electron chi connectivity index (χ2n) is 7.20. The predicted octanol–water partition coefficient (Wildman–Crippen LogP) is 3.92. The number of nitrogens with one attached hydrogen (secondary N) is 1. The Labute approximate surface area is 116 Å². The third-order valence-corrected chi connectivity index (χ3v) is 5.26. The average Bonchev–Trinajstić information content (AvgIpc) is 2.82. The van der Waals surface area contributed by atoms with Gasteiger partial charge in [-0.05, 0) is 30.1 Å². The molecule has 104 valence electrons. The second kappa shape index (κ2) is 5.85. The van der Waals surface area contributed by atoms with E-state index in [9.17, 15) is 0 Å². The maximum Gasteiger partial charge on any atom is 0.156 e. The van der Waals surface area contributed by atoms with Crippen molar-refractivity contribution in [3.63, 3.8) is 0 Å². The first-order chi connectivity index (χ1) is 8.44. The van der Waals surface area contributed by atoms with E-state index in [1.54, 1.807) is 0 Å². The smallest absolute Gasteiger partial charge is 0.156 e. The molecule has 3 atom stereocenters. The summed E-state index contributed by atoms with van der Waals surface area (Å²) in [6, 6.07) is 0. The number of hydrogen-bond acceptors (Lipinski definition) is 3. The highest BCUT2D eigenvalue weighted by Crippen LogP contribution is 2.33. The van der Waals surface area contributed by atoms with Crippen LogP contribution in [0.2, 0.25) is 0 Å². The maximum atomic E-state index is 4.66. The number of rotatable bonds is 3. The molecule has 1 aliphatic heterocycles. The molecule has 0 saturated heterocycles. The zero-order chi connectivity index (χ0) is 13.2. The van der Waals surface area contributed by atoms with Crippen LogP contribution in [0.1, 0.15) is 53.4 Å². The molecule has 0 radical (unpaired) electrons. The number of aliphatic imine (C=N–C) groups is 1. The largest absolute Gasteiger partial charge is 0.365 e. The van der Waals surface area contributed by atoms with Crippen LogP contribution in [-0.4, -0.2) is 23.5 Å². The van der Waals surface area contributed by atoms with Crippen LogP contribution in [0.3, 0.4) is 0 Å². The summed E-state index contributed by atoms with van der Waals surface area (Å²) < 4.78 is 0. The summed E-state index contributed by atoms with van der Waals surface area (Å²) in [7, 11) is 0. The Morgan fingerprint density at radius 3 is 2.72 bits per heavy atom. The molecule has 1 heterocycles. The molecule has 3 heteroatoms. The van der Waals surface area contributed by atoms with Crippen LogP contribution in [0.15, 0.2) is 4.99 Å². The minimum atomic E-state index is 0.419. The standard InChI is InChI=1S/C15H28N2S/c1-11-6-5-7-12(11)9-16-14-17-10-13(18-14)8-15(2,3)4/h11-13H,5-10H2,1-4H3,(H,16,17). The third kappa shape index (κ3) is 4.18. The first kappa shape index (κ1) is 14.2. The summed E-state index contributed by atoms with van der Waals surface area (Å²) in [6.45, 7) is 11.5. The molecule has 18 heavy (non-hydrogen) atoms. The van der Waals surface area contributed by atoms with Gasteiger partial charge in [0, 0.05) is 11.8 Å². The van der Waals surface area contributed by atoms with Crippen molar-refractivity contribution >= 4 is 16.9 Å². The van der Waals surface area contributed by atoms with Gasteiger partial charge in [0.1, 0.15) is 0 Å². The Morgan fingerprint density at radius 1 is 1.33 bits per heavy atom. The van der Waals surface area contributed by atoms with Crippen LogP contribution in [0.4, 0.5) is 0 Å². The maximum absolute atomic E-state index is 4.66. The minimum absolute atomic E-state index is 0.419. The molecule has 2 rings (SSSR count). The molecule has 1 N–H and O–H groups in total. The fraction of sp³-hybridized carbons (Fsp3) is 0.933. The minimum Gasteiger partial charge on any atom is -0.365 e. The highest BCUT2D eigenvalue weighted by molar-refractivity contribution is 8.14. The quantitative estimate of drug-likeness (QED) is 0.839. The molecule has 1 aliphatic carbocycles. The van der Waals surface area contributed by atoms with Crippen molar-refractivity contribution in [2.45, 2.75) is 58.6 Å². The fourth-order valence-electron chi connectivity index (χ4n) is 3.05. The van der Waals surface area contributed by atoms with Gasteiger partial charge >= 0.3 is 0 Å². The van der Waals surface area contributed by atoms with E-state index in [2.05, 4.69) is 38.0 Å². The van der Waals surface area contributed by atoms with Crippen LogP contribution < -0.4 is 5.32 Å². The third-order valence-electron chi connectivity index (χ3n) is 4.11. The van der Waals surface area contributed by atoms with Gasteiger partial charge in [-0.25, -0.2) is 0 Å². The van der Waals surface area contributed by atoms with E-state index in [0.717, 1.165) is 24.9 Å². The lowest BCUT2D eigenvalue weighted by molar-refractivity contribution is 0.375. The Bertz CT molecular complexity index is 306. The van der Waals surface area contributed by atoms with Gasteiger partial charge in [0.25, 0.3) is 0 Å². The van der Waals surface area contributed by atoms with Gasteiger partial charge in [0.05, 0.1) is 6.54 Å². The number of hydrogen-bond donors (Lipinski definition) is 1. The molecule has 1 fully saturated rings. The van der Waals surface area contributed by atoms with Crippen molar-refractivity contribution in [1.82, 2.24) is 5.32 Å². The molecule has 2 aliphatic rings. The van der Waals surface area contributed by atoms with E-state index in [4.69, 9.17) is 0 Å². The van der Waals surface area contributed by atoms with Gasteiger partial charge in [0.2, 0.25) is 0 Å². The van der Waals surface area contributed by atoms with E-state index < -0.39 is 0 Å². The molecule has 0 aromatic rings. The molecular weight excluding hydrogens is 240 g/mol. The molecule has 0 aromatic carbocycles. The summed E-state index contributed by atoms with van der Waals surface area (Å²) in [5, 5.41) is 5.47. The van der Waals surface area contributed by atoms with Crippen molar-refractivity contribution in [3.8, 4) is 0 Å². The highest BCUT2D eigenvalue weighted by atomic mass is 32.2. The van der Waals surface area contributed by atoms with Crippen molar-refractivity contribution in [1.29, 1.82) is 0 Å². The Hall–Kier alpha value is -0.180. The summed E-state index contributed by atoms with van der Waals surface area (Å²) in [4.78, 5) is 4.66. The zero-order valence-corrected chi connectivity index (χ0v) is 13.1. The first-order valence-electron chi connectivity index (χ1n) is 7.39. The van der Waals surface area contributed by atoms with E-state index >= 15 is 0 Å². The molecule has 1 saturated carbocycles. The van der Waals surface area contributed by atoms with Crippen LogP contribution >= 0.6 is 11.8 Å². The Balaban J connectivity index is 1.69. The lowest BCUT2D eigenvalue weighted by Crippen LogP contribution is -2.28. The van der Waals surface area contributed by atoms with Crippen molar-refractivity contribution in [2.75, 3.05) is 13.1 Å². The summed E-state index contributed by atoms with van der Waals surface area (Å²) in [5.74, 6) is 1.77. The summed E-state index contributed by atoms with van der Waals surface area (Å²) in [5.41, 5.74) is 0.419. The Kier molecular flexibility index (Phi) is 4.63. The van der Waals surface area contributed by atoms with Gasteiger partial charge in [-0.1, -0.05) is 52.3 Å². The van der Waals surface area contributed by atoms with E-state index in [1.807, 2.05) is 11.8 Å². The van der Waals surface area contributed by atoms with E-state index in [1.165, 1.54) is 30.9 Å². The van der Waals surface area contributed by atoms with Crippen molar-refractivity contribution in [2.24, 2.45) is 22.2 Å². The van der Waals surface area contributed by atoms with Gasteiger partial charge in [-0.2, -0.15) is 0 Å². The van der Waals surface area contributed by atoms with Gasteiger partial charge in [0.15, 0.2) is 5.17 Å². The lowest BCUT2D eigenvalue weighted by Gasteiger charge is -2.22. The summed E-state index contributed by atoms with van der Waals surface area (Å²) in [6.07, 6.45) is 5.49. The van der Waals surface area contributed by atoms with Crippen molar-refractivity contribution < 1.29 is 0 Å². The molecule has 0 spiro atoms. The number of amidine groups is 1. The molecule has 0 bridgehead atoms. The zero-order valence-electron chi connectivity index (χ0n) is 12.3. The SMILES string of the molecule is CC1CCCC1CNC1=NCC(CC(C)(C)C)S1. The van der Waals surface area contributed by atoms with Crippen LogP contribution in [0.5, 0.6) is 0 Å². The van der Waals surface area contributed by atoms with Gasteiger partial charge in [-0.3, -0.25) is 4.99 Å². The first-order valence-corrected chi connectivity index (χ1v) is 8.27. The summed E-state index contributed by atoms with van der Waals surface area (Å²) >= 11 is 1.96. The molecule has 0 amide bonds. The van der Waals surface area contributed by atoms with Gasteiger partial charge in [-0.15, -0.1) is 0 Å². The molecule has 3 unspecified atom stereocenters. The van der Waals surface area contributed by atoms with Gasteiger partial charge < -0.3 is 5.32 Å². The molecular formula is C15H28N2S. The predicted molar refractivity (Wildman–Crippen MR) is 82.3 cm³/mol. The van der Waals surface area contributed by atoms with Crippen LogP contribution in [0.25, 0.3) is 0 Å². The van der Waals surface area contributed by atoms with Crippen LogP contribution in [0, 0.1) is 17.3 Å². The van der Waals surface area contributed by atoms with E-state index in [0.29, 0.717) is 10.7 Å². The Morgan fingerprint density at radius 2 is 2.11 bits per heavy atom. The lowest BCUT2D eigenvalue weighted by atomic mass is 9.90. The monoisotopic (exact) mass is 268 g/mol. The topological polar surface area (TPSA) is 24.4 Å². The van der Waals surface area contributed by atoms with Crippen LogP contribution in [-0.2, 0) is 0 Å².